The Bertz CT molecular complexity index is 991. The number of nitrogens with one attached hydrogen (secondary N) is 1. The van der Waals surface area contributed by atoms with Crippen LogP contribution in [0.3, 0.4) is 0 Å². The van der Waals surface area contributed by atoms with Crippen molar-refractivity contribution in [1.82, 2.24) is 20.1 Å². The fourth-order valence-corrected chi connectivity index (χ4v) is 3.92. The predicted molar refractivity (Wildman–Crippen MR) is 110 cm³/mol. The number of nitrogens with zero attached hydrogens (tertiary/aromatic N) is 3. The molecule has 1 aliphatic rings. The molecule has 0 bridgehead atoms. The maximum atomic E-state index is 12.6. The van der Waals surface area contributed by atoms with E-state index in [4.69, 9.17) is 5.10 Å². The van der Waals surface area contributed by atoms with Gasteiger partial charge in [0.25, 0.3) is 5.91 Å². The van der Waals surface area contributed by atoms with Crippen LogP contribution in [-0.4, -0.2) is 27.2 Å². The van der Waals surface area contributed by atoms with E-state index in [2.05, 4.69) is 15.0 Å². The fraction of sp³-hybridized carbons (Fsp3) is 0.348. The smallest absolute Gasteiger partial charge is 0.251 e. The summed E-state index contributed by atoms with van der Waals surface area (Å²) < 4.78 is 2.07. The zero-order valence-corrected chi connectivity index (χ0v) is 16.5. The van der Waals surface area contributed by atoms with Gasteiger partial charge in [0.15, 0.2) is 0 Å². The summed E-state index contributed by atoms with van der Waals surface area (Å²) in [5.41, 5.74) is 7.39. The third kappa shape index (κ3) is 3.70. The third-order valence-electron chi connectivity index (χ3n) is 5.41. The number of hydrogen-bond acceptors (Lipinski definition) is 3. The lowest BCUT2D eigenvalue weighted by atomic mass is 9.95. The monoisotopic (exact) mass is 374 g/mol. The van der Waals surface area contributed by atoms with E-state index in [1.54, 1.807) is 0 Å². The highest BCUT2D eigenvalue weighted by Crippen LogP contribution is 2.30. The van der Waals surface area contributed by atoms with Crippen molar-refractivity contribution in [1.29, 1.82) is 0 Å². The van der Waals surface area contributed by atoms with Crippen molar-refractivity contribution < 1.29 is 4.79 Å². The Labute approximate surface area is 165 Å². The minimum absolute atomic E-state index is 0.0211. The van der Waals surface area contributed by atoms with E-state index >= 15 is 0 Å². The fourth-order valence-electron chi connectivity index (χ4n) is 3.92. The first kappa shape index (κ1) is 18.4. The van der Waals surface area contributed by atoms with Crippen molar-refractivity contribution in [3.8, 4) is 11.4 Å². The standard InChI is InChI=1S/C23H26N4O/c1-16-10-11-17(2)19(15-16)23(28)25-13-14-27-21-9-4-3-7-18(21)22(26-27)20-8-5-6-12-24-20/h5-6,8,10-12,15H,3-4,7,9,13-14H2,1-2H3,(H,25,28). The molecule has 1 aromatic carbocycles. The molecule has 0 atom stereocenters. The lowest BCUT2D eigenvalue weighted by molar-refractivity contribution is 0.0951. The first-order chi connectivity index (χ1) is 13.6. The molecule has 144 valence electrons. The van der Waals surface area contributed by atoms with Crippen molar-refractivity contribution in [3.05, 3.63) is 70.5 Å². The van der Waals surface area contributed by atoms with Gasteiger partial charge in [0.1, 0.15) is 5.69 Å². The molecule has 2 aromatic heterocycles. The highest BCUT2D eigenvalue weighted by molar-refractivity contribution is 5.95. The number of rotatable bonds is 5. The molecule has 0 fully saturated rings. The van der Waals surface area contributed by atoms with E-state index in [0.29, 0.717) is 13.1 Å². The molecule has 0 saturated carbocycles. The number of pyridine rings is 1. The van der Waals surface area contributed by atoms with Crippen LogP contribution in [0.25, 0.3) is 11.4 Å². The van der Waals surface area contributed by atoms with Gasteiger partial charge in [-0.2, -0.15) is 5.10 Å². The molecular formula is C23H26N4O. The summed E-state index contributed by atoms with van der Waals surface area (Å²) >= 11 is 0. The van der Waals surface area contributed by atoms with Gasteiger partial charge < -0.3 is 5.32 Å². The van der Waals surface area contributed by atoms with E-state index in [9.17, 15) is 4.79 Å². The molecule has 2 heterocycles. The first-order valence-electron chi connectivity index (χ1n) is 9.99. The molecule has 3 aromatic rings. The third-order valence-corrected chi connectivity index (χ3v) is 5.41. The minimum atomic E-state index is -0.0211. The predicted octanol–water partition coefficient (Wildman–Crippen LogP) is 3.87. The van der Waals surface area contributed by atoms with Crippen LogP contribution in [0.1, 0.15) is 45.6 Å². The molecule has 28 heavy (non-hydrogen) atoms. The molecule has 0 radical (unpaired) electrons. The average Bonchev–Trinajstić information content (AvgIpc) is 3.09. The molecule has 0 aliphatic heterocycles. The zero-order valence-electron chi connectivity index (χ0n) is 16.5. The largest absolute Gasteiger partial charge is 0.350 e. The number of hydrogen-bond donors (Lipinski definition) is 1. The number of carbonyl (C=O) groups excluding carboxylic acids is 1. The lowest BCUT2D eigenvalue weighted by Crippen LogP contribution is -2.28. The van der Waals surface area contributed by atoms with Crippen LogP contribution in [0.4, 0.5) is 0 Å². The van der Waals surface area contributed by atoms with Crippen LogP contribution < -0.4 is 5.32 Å². The quantitative estimate of drug-likeness (QED) is 0.737. The average molecular weight is 374 g/mol. The Hall–Kier alpha value is -2.95. The van der Waals surface area contributed by atoms with Crippen LogP contribution in [-0.2, 0) is 19.4 Å². The molecule has 1 aliphatic carbocycles. The molecular weight excluding hydrogens is 348 g/mol. The van der Waals surface area contributed by atoms with Gasteiger partial charge in [0.05, 0.1) is 12.2 Å². The minimum Gasteiger partial charge on any atom is -0.350 e. The second-order valence-corrected chi connectivity index (χ2v) is 7.49. The maximum Gasteiger partial charge on any atom is 0.251 e. The van der Waals surface area contributed by atoms with E-state index in [1.807, 2.05) is 56.4 Å². The summed E-state index contributed by atoms with van der Waals surface area (Å²) in [5.74, 6) is -0.0211. The molecule has 5 heteroatoms. The Morgan fingerprint density at radius 1 is 1.14 bits per heavy atom. The highest BCUT2D eigenvalue weighted by Gasteiger charge is 2.22. The van der Waals surface area contributed by atoms with E-state index in [-0.39, 0.29) is 5.91 Å². The van der Waals surface area contributed by atoms with Crippen LogP contribution in [0.5, 0.6) is 0 Å². The summed E-state index contributed by atoms with van der Waals surface area (Å²) in [4.78, 5) is 17.1. The van der Waals surface area contributed by atoms with Crippen LogP contribution in [0.15, 0.2) is 42.6 Å². The van der Waals surface area contributed by atoms with Gasteiger partial charge in [-0.15, -0.1) is 0 Å². The van der Waals surface area contributed by atoms with Crippen LogP contribution in [0.2, 0.25) is 0 Å². The summed E-state index contributed by atoms with van der Waals surface area (Å²) in [6.07, 6.45) is 6.29. The summed E-state index contributed by atoms with van der Waals surface area (Å²) in [5, 5.41) is 7.92. The van der Waals surface area contributed by atoms with Crippen molar-refractivity contribution in [2.75, 3.05) is 6.54 Å². The van der Waals surface area contributed by atoms with Crippen molar-refractivity contribution in [2.24, 2.45) is 0 Å². The van der Waals surface area contributed by atoms with Crippen molar-refractivity contribution >= 4 is 5.91 Å². The van der Waals surface area contributed by atoms with Crippen molar-refractivity contribution in [3.63, 3.8) is 0 Å². The van der Waals surface area contributed by atoms with E-state index in [0.717, 1.165) is 40.9 Å². The number of fused-ring (bicyclic) bond motifs is 1. The van der Waals surface area contributed by atoms with E-state index in [1.165, 1.54) is 24.1 Å². The normalized spacial score (nSPS) is 13.2. The second-order valence-electron chi connectivity index (χ2n) is 7.49. The first-order valence-corrected chi connectivity index (χ1v) is 9.99. The molecule has 4 rings (SSSR count). The van der Waals surface area contributed by atoms with Gasteiger partial charge in [-0.05, 0) is 63.3 Å². The van der Waals surface area contributed by atoms with Gasteiger partial charge in [-0.1, -0.05) is 23.8 Å². The van der Waals surface area contributed by atoms with Gasteiger partial charge >= 0.3 is 0 Å². The Morgan fingerprint density at radius 3 is 2.82 bits per heavy atom. The number of aromatic nitrogens is 3. The Balaban J connectivity index is 1.50. The SMILES string of the molecule is Cc1ccc(C)c(C(=O)NCCn2nc(-c3ccccn3)c3c2CCCC3)c1. The number of carbonyl (C=O) groups is 1. The maximum absolute atomic E-state index is 12.6. The second kappa shape index (κ2) is 7.97. The molecule has 5 nitrogen and oxygen atoms in total. The zero-order chi connectivity index (χ0) is 19.5. The summed E-state index contributed by atoms with van der Waals surface area (Å²) in [6, 6.07) is 11.9. The molecule has 0 saturated heterocycles. The molecule has 1 amide bonds. The molecule has 0 unspecified atom stereocenters. The number of benzene rings is 1. The van der Waals surface area contributed by atoms with Crippen LogP contribution in [0, 0.1) is 13.8 Å². The van der Waals surface area contributed by atoms with Gasteiger partial charge in [-0.3, -0.25) is 14.5 Å². The van der Waals surface area contributed by atoms with Gasteiger partial charge in [-0.25, -0.2) is 0 Å². The van der Waals surface area contributed by atoms with E-state index < -0.39 is 0 Å². The highest BCUT2D eigenvalue weighted by atomic mass is 16.1. The Morgan fingerprint density at radius 2 is 2.00 bits per heavy atom. The van der Waals surface area contributed by atoms with Crippen molar-refractivity contribution in [2.45, 2.75) is 46.1 Å². The lowest BCUT2D eigenvalue weighted by Gasteiger charge is -2.14. The molecule has 0 spiro atoms. The number of aryl methyl sites for hydroxylation is 2. The van der Waals surface area contributed by atoms with Crippen LogP contribution >= 0.6 is 0 Å². The number of amides is 1. The Kier molecular flexibility index (Phi) is 5.24. The summed E-state index contributed by atoms with van der Waals surface area (Å²) in [6.45, 7) is 5.20. The van der Waals surface area contributed by atoms with Gasteiger partial charge in [0.2, 0.25) is 0 Å². The van der Waals surface area contributed by atoms with Gasteiger partial charge in [0, 0.05) is 29.6 Å². The topological polar surface area (TPSA) is 59.8 Å². The summed E-state index contributed by atoms with van der Waals surface area (Å²) in [7, 11) is 0. The molecule has 1 N–H and O–H groups in total.